The summed E-state index contributed by atoms with van der Waals surface area (Å²) in [6.07, 6.45) is 0. The highest BCUT2D eigenvalue weighted by Crippen LogP contribution is 2.18. The van der Waals surface area contributed by atoms with Gasteiger partial charge in [-0.1, -0.05) is 19.9 Å². The van der Waals surface area contributed by atoms with Crippen molar-refractivity contribution in [1.82, 2.24) is 4.90 Å². The molecule has 15 heavy (non-hydrogen) atoms. The average Bonchev–Trinajstić information content (AvgIpc) is 2.76. The van der Waals surface area contributed by atoms with E-state index in [0.717, 1.165) is 17.3 Å². The van der Waals surface area contributed by atoms with Gasteiger partial charge in [0.2, 0.25) is 5.91 Å². The normalized spacial score (nSPS) is 16.3. The van der Waals surface area contributed by atoms with Gasteiger partial charge in [0, 0.05) is 6.54 Å². The van der Waals surface area contributed by atoms with Gasteiger partial charge in [0.25, 0.3) is 0 Å². The molecule has 0 radical (unpaired) electrons. The number of rotatable bonds is 3. The Bertz CT molecular complexity index is 381. The third kappa shape index (κ3) is 2.09. The molecule has 0 aromatic carbocycles. The molecule has 80 valence electrons. The zero-order valence-corrected chi connectivity index (χ0v) is 9.75. The molecule has 4 heteroatoms. The zero-order chi connectivity index (χ0) is 10.8. The lowest BCUT2D eigenvalue weighted by atomic mass is 10.2. The van der Waals surface area contributed by atoms with Gasteiger partial charge in [-0.15, -0.1) is 11.3 Å². The molecule has 2 heterocycles. The largest absolute Gasteiger partial charge is 0.294 e. The first-order valence-corrected chi connectivity index (χ1v) is 5.95. The monoisotopic (exact) mass is 222 g/mol. The van der Waals surface area contributed by atoms with Gasteiger partial charge < -0.3 is 0 Å². The van der Waals surface area contributed by atoms with Crippen LogP contribution in [0.3, 0.4) is 0 Å². The molecule has 0 spiro atoms. The zero-order valence-electron chi connectivity index (χ0n) is 8.93. The summed E-state index contributed by atoms with van der Waals surface area (Å²) >= 11 is 1.63. The van der Waals surface area contributed by atoms with Crippen molar-refractivity contribution >= 4 is 23.1 Å². The highest BCUT2D eigenvalue weighted by molar-refractivity contribution is 7.12. The van der Waals surface area contributed by atoms with E-state index in [0.29, 0.717) is 12.5 Å². The molecule has 0 fully saturated rings. The maximum atomic E-state index is 11.6. The van der Waals surface area contributed by atoms with Crippen LogP contribution in [0.1, 0.15) is 18.7 Å². The van der Waals surface area contributed by atoms with Crippen molar-refractivity contribution in [2.75, 3.05) is 13.1 Å². The van der Waals surface area contributed by atoms with E-state index in [1.807, 2.05) is 17.5 Å². The molecule has 1 aliphatic heterocycles. The summed E-state index contributed by atoms with van der Waals surface area (Å²) in [5, 5.41) is 2.01. The maximum Gasteiger partial charge on any atom is 0.249 e. The van der Waals surface area contributed by atoms with Crippen LogP contribution in [0.25, 0.3) is 0 Å². The number of thiophene rings is 1. The van der Waals surface area contributed by atoms with Gasteiger partial charge in [0.15, 0.2) is 0 Å². The molecule has 2 rings (SSSR count). The standard InChI is InChI=1S/C11H14N2OS/c1-8(2)7-13-10(14)6-12-11(13)9-4-3-5-15-9/h3-5,8H,6-7H2,1-2H3. The lowest BCUT2D eigenvalue weighted by Gasteiger charge is -2.19. The van der Waals surface area contributed by atoms with Crippen LogP contribution in [0, 0.1) is 5.92 Å². The highest BCUT2D eigenvalue weighted by Gasteiger charge is 2.27. The number of hydrogen-bond donors (Lipinski definition) is 0. The minimum Gasteiger partial charge on any atom is -0.294 e. The lowest BCUT2D eigenvalue weighted by Crippen LogP contribution is -2.35. The number of amidine groups is 1. The summed E-state index contributed by atoms with van der Waals surface area (Å²) in [5.74, 6) is 1.44. The van der Waals surface area contributed by atoms with Crippen LogP contribution in [0.2, 0.25) is 0 Å². The van der Waals surface area contributed by atoms with Crippen molar-refractivity contribution in [2.24, 2.45) is 10.9 Å². The third-order valence-corrected chi connectivity index (χ3v) is 3.08. The fourth-order valence-electron chi connectivity index (χ4n) is 1.60. The lowest BCUT2D eigenvalue weighted by molar-refractivity contribution is -0.125. The molecular formula is C11H14N2OS. The van der Waals surface area contributed by atoms with Crippen molar-refractivity contribution in [1.29, 1.82) is 0 Å². The van der Waals surface area contributed by atoms with Crippen LogP contribution >= 0.6 is 11.3 Å². The SMILES string of the molecule is CC(C)CN1C(=O)CN=C1c1cccs1. The Hall–Kier alpha value is -1.16. The molecule has 1 amide bonds. The number of hydrogen-bond acceptors (Lipinski definition) is 3. The third-order valence-electron chi connectivity index (χ3n) is 2.21. The number of carbonyl (C=O) groups is 1. The van der Waals surface area contributed by atoms with Gasteiger partial charge in [0.05, 0.1) is 4.88 Å². The number of aliphatic imine (C=N–C) groups is 1. The summed E-state index contributed by atoms with van der Waals surface area (Å²) in [7, 11) is 0. The topological polar surface area (TPSA) is 32.7 Å². The van der Waals surface area contributed by atoms with Crippen molar-refractivity contribution in [3.63, 3.8) is 0 Å². The summed E-state index contributed by atoms with van der Waals surface area (Å²) in [6.45, 7) is 5.28. The molecule has 1 aromatic rings. The molecule has 0 N–H and O–H groups in total. The Morgan fingerprint density at radius 1 is 1.60 bits per heavy atom. The first kappa shape index (κ1) is 10.4. The highest BCUT2D eigenvalue weighted by atomic mass is 32.1. The van der Waals surface area contributed by atoms with Gasteiger partial charge in [-0.3, -0.25) is 14.7 Å². The van der Waals surface area contributed by atoms with E-state index in [4.69, 9.17) is 0 Å². The van der Waals surface area contributed by atoms with Gasteiger partial charge in [-0.05, 0) is 17.4 Å². The summed E-state index contributed by atoms with van der Waals surface area (Å²) < 4.78 is 0. The minimum absolute atomic E-state index is 0.118. The Morgan fingerprint density at radius 2 is 2.40 bits per heavy atom. The van der Waals surface area contributed by atoms with Crippen LogP contribution in [0.5, 0.6) is 0 Å². The molecule has 0 atom stereocenters. The molecule has 0 aliphatic carbocycles. The number of amides is 1. The van der Waals surface area contributed by atoms with Crippen LogP contribution in [0.15, 0.2) is 22.5 Å². The van der Waals surface area contributed by atoms with E-state index in [9.17, 15) is 4.79 Å². The molecule has 0 saturated heterocycles. The van der Waals surface area contributed by atoms with E-state index in [1.165, 1.54) is 0 Å². The smallest absolute Gasteiger partial charge is 0.249 e. The van der Waals surface area contributed by atoms with Crippen molar-refractivity contribution < 1.29 is 4.79 Å². The van der Waals surface area contributed by atoms with Gasteiger partial charge >= 0.3 is 0 Å². The van der Waals surface area contributed by atoms with Crippen LogP contribution in [-0.4, -0.2) is 29.7 Å². The van der Waals surface area contributed by atoms with Gasteiger partial charge in [-0.25, -0.2) is 0 Å². The van der Waals surface area contributed by atoms with Gasteiger partial charge in [-0.2, -0.15) is 0 Å². The maximum absolute atomic E-state index is 11.6. The van der Waals surface area contributed by atoms with E-state index in [-0.39, 0.29) is 5.91 Å². The average molecular weight is 222 g/mol. The second-order valence-corrected chi connectivity index (χ2v) is 4.96. The van der Waals surface area contributed by atoms with Crippen molar-refractivity contribution in [3.05, 3.63) is 22.4 Å². The molecular weight excluding hydrogens is 208 g/mol. The Morgan fingerprint density at radius 3 is 3.00 bits per heavy atom. The summed E-state index contributed by atoms with van der Waals surface area (Å²) in [6, 6.07) is 3.99. The minimum atomic E-state index is 0.118. The Balaban J connectivity index is 2.21. The molecule has 1 aliphatic rings. The predicted octanol–water partition coefficient (Wildman–Crippen LogP) is 1.99. The summed E-state index contributed by atoms with van der Waals surface area (Å²) in [5.41, 5.74) is 0. The molecule has 0 unspecified atom stereocenters. The second-order valence-electron chi connectivity index (χ2n) is 4.02. The van der Waals surface area contributed by atoms with E-state index < -0.39 is 0 Å². The van der Waals surface area contributed by atoms with Gasteiger partial charge in [0.1, 0.15) is 12.4 Å². The number of nitrogens with zero attached hydrogens (tertiary/aromatic N) is 2. The number of carbonyl (C=O) groups excluding carboxylic acids is 1. The quantitative estimate of drug-likeness (QED) is 0.770. The van der Waals surface area contributed by atoms with E-state index >= 15 is 0 Å². The molecule has 0 saturated carbocycles. The Kier molecular flexibility index (Phi) is 2.86. The fourth-order valence-corrected chi connectivity index (χ4v) is 2.34. The second kappa shape index (κ2) is 4.14. The van der Waals surface area contributed by atoms with Crippen molar-refractivity contribution in [3.8, 4) is 0 Å². The fraction of sp³-hybridized carbons (Fsp3) is 0.455. The van der Waals surface area contributed by atoms with Crippen molar-refractivity contribution in [2.45, 2.75) is 13.8 Å². The summed E-state index contributed by atoms with van der Waals surface area (Å²) in [4.78, 5) is 18.8. The Labute approximate surface area is 93.4 Å². The molecule has 0 bridgehead atoms. The first-order chi connectivity index (χ1) is 7.18. The van der Waals surface area contributed by atoms with Crippen LogP contribution < -0.4 is 0 Å². The first-order valence-electron chi connectivity index (χ1n) is 5.07. The van der Waals surface area contributed by atoms with E-state index in [2.05, 4.69) is 18.8 Å². The molecule has 3 nitrogen and oxygen atoms in total. The molecule has 1 aromatic heterocycles. The van der Waals surface area contributed by atoms with E-state index in [1.54, 1.807) is 16.2 Å². The van der Waals surface area contributed by atoms with Crippen LogP contribution in [0.4, 0.5) is 0 Å². The van der Waals surface area contributed by atoms with Crippen LogP contribution in [-0.2, 0) is 4.79 Å². The predicted molar refractivity (Wildman–Crippen MR) is 62.3 cm³/mol.